The van der Waals surface area contributed by atoms with Crippen molar-refractivity contribution in [1.29, 1.82) is 0 Å². The number of aromatic nitrogens is 2. The molecule has 0 aliphatic rings. The van der Waals surface area contributed by atoms with Crippen molar-refractivity contribution in [2.45, 2.75) is 0 Å². The van der Waals surface area contributed by atoms with Gasteiger partial charge in [0.2, 0.25) is 0 Å². The molecule has 0 fully saturated rings. The summed E-state index contributed by atoms with van der Waals surface area (Å²) >= 11 is 0. The molecule has 0 atom stereocenters. The molecular formula is C7H9N3O4. The third-order valence-corrected chi connectivity index (χ3v) is 0.891. The molecule has 0 amide bonds. The van der Waals surface area contributed by atoms with Gasteiger partial charge in [-0.1, -0.05) is 0 Å². The number of nitrogens with zero attached hydrogens (tertiary/aromatic N) is 1. The minimum absolute atomic E-state index is 0.558. The Labute approximate surface area is 78.9 Å². The minimum Gasteiger partial charge on any atom is -0.478 e. The maximum atomic E-state index is 9.55. The van der Waals surface area contributed by atoms with E-state index in [9.17, 15) is 9.59 Å². The number of aliphatic carboxylic acids is 2. The molecular weight excluding hydrogens is 190 g/mol. The predicted octanol–water partition coefficient (Wildman–Crippen LogP) is -0.296. The Bertz CT molecular complexity index is 302. The van der Waals surface area contributed by atoms with Gasteiger partial charge < -0.3 is 15.9 Å². The fourth-order valence-electron chi connectivity index (χ4n) is 0.409. The van der Waals surface area contributed by atoms with Crippen molar-refractivity contribution in [3.8, 4) is 0 Å². The Morgan fingerprint density at radius 3 is 2.00 bits per heavy atom. The van der Waals surface area contributed by atoms with Crippen LogP contribution in [-0.4, -0.2) is 32.3 Å². The highest BCUT2D eigenvalue weighted by atomic mass is 16.4. The Balaban J connectivity index is 0.000000249. The van der Waals surface area contributed by atoms with Crippen LogP contribution in [0.3, 0.4) is 0 Å². The maximum Gasteiger partial charge on any atom is 0.328 e. The van der Waals surface area contributed by atoms with E-state index < -0.39 is 11.9 Å². The van der Waals surface area contributed by atoms with Crippen molar-refractivity contribution in [3.63, 3.8) is 0 Å². The van der Waals surface area contributed by atoms with E-state index in [1.807, 2.05) is 0 Å². The third kappa shape index (κ3) is 7.79. The number of hydrogen-bond acceptors (Lipinski definition) is 4. The zero-order valence-electron chi connectivity index (χ0n) is 7.04. The van der Waals surface area contributed by atoms with Crippen molar-refractivity contribution in [1.82, 2.24) is 10.2 Å². The van der Waals surface area contributed by atoms with Crippen molar-refractivity contribution in [2.75, 3.05) is 5.73 Å². The molecule has 1 aromatic heterocycles. The van der Waals surface area contributed by atoms with Gasteiger partial charge in [-0.05, 0) is 6.07 Å². The topological polar surface area (TPSA) is 129 Å². The first-order valence-corrected chi connectivity index (χ1v) is 3.41. The van der Waals surface area contributed by atoms with Gasteiger partial charge in [-0.3, -0.25) is 5.10 Å². The van der Waals surface area contributed by atoms with Crippen LogP contribution in [0.15, 0.2) is 24.4 Å². The summed E-state index contributed by atoms with van der Waals surface area (Å²) in [4.78, 5) is 19.1. The lowest BCUT2D eigenvalue weighted by Crippen LogP contribution is -1.91. The molecule has 0 aliphatic heterocycles. The third-order valence-electron chi connectivity index (χ3n) is 0.891. The van der Waals surface area contributed by atoms with Crippen molar-refractivity contribution in [2.24, 2.45) is 0 Å². The highest BCUT2D eigenvalue weighted by molar-refractivity contribution is 5.89. The fourth-order valence-corrected chi connectivity index (χ4v) is 0.409. The smallest absolute Gasteiger partial charge is 0.328 e. The first-order chi connectivity index (χ1) is 6.52. The summed E-state index contributed by atoms with van der Waals surface area (Å²) in [7, 11) is 0. The minimum atomic E-state index is -1.26. The molecule has 14 heavy (non-hydrogen) atoms. The summed E-state index contributed by atoms with van der Waals surface area (Å²) in [5.41, 5.74) is 5.16. The number of carbonyl (C=O) groups is 2. The van der Waals surface area contributed by atoms with E-state index in [0.717, 1.165) is 0 Å². The Hall–Kier alpha value is -2.31. The average Bonchev–Trinajstić information content (AvgIpc) is 2.53. The summed E-state index contributed by atoms with van der Waals surface area (Å²) in [5.74, 6) is -1.91. The van der Waals surface area contributed by atoms with Gasteiger partial charge in [0, 0.05) is 12.2 Å². The summed E-state index contributed by atoms with van der Waals surface area (Å²) < 4.78 is 0. The molecule has 7 heteroatoms. The number of carboxylic acids is 2. The normalized spacial score (nSPS) is 9.14. The van der Waals surface area contributed by atoms with Crippen LogP contribution in [0, 0.1) is 0 Å². The summed E-state index contributed by atoms with van der Waals surface area (Å²) in [6.45, 7) is 0. The van der Waals surface area contributed by atoms with E-state index >= 15 is 0 Å². The lowest BCUT2D eigenvalue weighted by atomic mass is 10.5. The number of aromatic amines is 1. The van der Waals surface area contributed by atoms with Gasteiger partial charge in [-0.15, -0.1) is 0 Å². The van der Waals surface area contributed by atoms with Crippen molar-refractivity contribution >= 4 is 17.8 Å². The lowest BCUT2D eigenvalue weighted by Gasteiger charge is -1.74. The first-order valence-electron chi connectivity index (χ1n) is 3.41. The molecule has 0 saturated heterocycles. The van der Waals surface area contributed by atoms with Crippen molar-refractivity contribution in [3.05, 3.63) is 24.4 Å². The Kier molecular flexibility index (Phi) is 5.20. The summed E-state index contributed by atoms with van der Waals surface area (Å²) in [5, 5.41) is 21.7. The zero-order chi connectivity index (χ0) is 11.0. The van der Waals surface area contributed by atoms with Gasteiger partial charge in [-0.2, -0.15) is 5.10 Å². The van der Waals surface area contributed by atoms with Gasteiger partial charge in [0.1, 0.15) is 5.82 Å². The maximum absolute atomic E-state index is 9.55. The molecule has 1 aromatic rings. The fraction of sp³-hybridized carbons (Fsp3) is 0. The van der Waals surface area contributed by atoms with Gasteiger partial charge >= 0.3 is 11.9 Å². The van der Waals surface area contributed by atoms with E-state index in [1.54, 1.807) is 12.3 Å². The molecule has 7 nitrogen and oxygen atoms in total. The predicted molar refractivity (Wildman–Crippen MR) is 47.4 cm³/mol. The van der Waals surface area contributed by atoms with Crippen LogP contribution in [0.5, 0.6) is 0 Å². The number of anilines is 1. The molecule has 0 saturated carbocycles. The average molecular weight is 199 g/mol. The van der Waals surface area contributed by atoms with Gasteiger partial charge in [-0.25, -0.2) is 9.59 Å². The second kappa shape index (κ2) is 6.23. The molecule has 0 spiro atoms. The Morgan fingerprint density at radius 1 is 1.36 bits per heavy atom. The number of nitrogen functional groups attached to an aromatic ring is 1. The number of carboxylic acid groups (broad SMARTS) is 2. The standard InChI is InChI=1S/C4H4O4.C3H5N3/c5-3(6)1-2-4(7)8;4-3-1-2-5-6-3/h1-2H,(H,5,6)(H,7,8);1-2H,(H3,4,5,6)/b2-1+;. The van der Waals surface area contributed by atoms with Crippen molar-refractivity contribution < 1.29 is 19.8 Å². The van der Waals surface area contributed by atoms with Crippen LogP contribution in [0.25, 0.3) is 0 Å². The highest BCUT2D eigenvalue weighted by Crippen LogP contribution is 1.86. The number of nitrogens with one attached hydrogen (secondary N) is 1. The number of rotatable bonds is 2. The molecule has 0 aromatic carbocycles. The first kappa shape index (κ1) is 11.7. The van der Waals surface area contributed by atoms with Gasteiger partial charge in [0.05, 0.1) is 6.20 Å². The van der Waals surface area contributed by atoms with Crippen LogP contribution in [0.2, 0.25) is 0 Å². The quantitative estimate of drug-likeness (QED) is 0.484. The molecule has 76 valence electrons. The van der Waals surface area contributed by atoms with Crippen LogP contribution in [0.1, 0.15) is 0 Å². The van der Waals surface area contributed by atoms with Crippen LogP contribution in [0.4, 0.5) is 5.82 Å². The van der Waals surface area contributed by atoms with E-state index in [2.05, 4.69) is 10.2 Å². The lowest BCUT2D eigenvalue weighted by molar-refractivity contribution is -0.134. The Morgan fingerprint density at radius 2 is 1.86 bits per heavy atom. The van der Waals surface area contributed by atoms with Gasteiger partial charge in [0.25, 0.3) is 0 Å². The van der Waals surface area contributed by atoms with Gasteiger partial charge in [0.15, 0.2) is 0 Å². The number of H-pyrrole nitrogens is 1. The SMILES string of the molecule is Nc1ccn[nH]1.O=C(O)/C=C/C(=O)O. The molecule has 1 heterocycles. The van der Waals surface area contributed by atoms with Crippen LogP contribution in [-0.2, 0) is 9.59 Å². The second-order valence-corrected chi connectivity index (χ2v) is 2.02. The molecule has 0 aliphatic carbocycles. The monoisotopic (exact) mass is 199 g/mol. The van der Waals surface area contributed by atoms with E-state index in [1.165, 1.54) is 0 Å². The summed E-state index contributed by atoms with van der Waals surface area (Å²) in [6.07, 6.45) is 2.72. The number of hydrogen-bond donors (Lipinski definition) is 4. The van der Waals surface area contributed by atoms with E-state index in [0.29, 0.717) is 18.0 Å². The van der Waals surface area contributed by atoms with E-state index in [4.69, 9.17) is 15.9 Å². The molecule has 0 radical (unpaired) electrons. The molecule has 0 unspecified atom stereocenters. The summed E-state index contributed by atoms with van der Waals surface area (Å²) in [6, 6.07) is 1.69. The van der Waals surface area contributed by atoms with E-state index in [-0.39, 0.29) is 0 Å². The zero-order valence-corrected chi connectivity index (χ0v) is 7.04. The second-order valence-electron chi connectivity index (χ2n) is 2.02. The molecule has 5 N–H and O–H groups in total. The largest absolute Gasteiger partial charge is 0.478 e. The van der Waals surface area contributed by atoms with Crippen LogP contribution < -0.4 is 5.73 Å². The highest BCUT2D eigenvalue weighted by Gasteiger charge is 1.88. The number of nitrogens with two attached hydrogens (primary N) is 1. The molecule has 1 rings (SSSR count). The molecule has 0 bridgehead atoms. The van der Waals surface area contributed by atoms with Crippen LogP contribution >= 0.6 is 0 Å².